The van der Waals surface area contributed by atoms with E-state index >= 15 is 0 Å². The molecule has 4 rings (SSSR count). The van der Waals surface area contributed by atoms with Gasteiger partial charge in [-0.1, -0.05) is 0 Å². The fourth-order valence-electron chi connectivity index (χ4n) is 3.54. The first-order valence-corrected chi connectivity index (χ1v) is 8.94. The van der Waals surface area contributed by atoms with Gasteiger partial charge in [-0.05, 0) is 34.5 Å². The monoisotopic (exact) mass is 406 g/mol. The molecule has 1 saturated heterocycles. The Morgan fingerprint density at radius 3 is 2.96 bits per heavy atom. The summed E-state index contributed by atoms with van der Waals surface area (Å²) in [5.41, 5.74) is 1.74. The topological polar surface area (TPSA) is 71.7 Å². The maximum atomic E-state index is 12.7. The first-order chi connectivity index (χ1) is 12.0. The van der Waals surface area contributed by atoms with Gasteiger partial charge in [-0.3, -0.25) is 4.79 Å². The zero-order valence-electron chi connectivity index (χ0n) is 14.2. The van der Waals surface area contributed by atoms with Crippen LogP contribution >= 0.6 is 15.9 Å². The van der Waals surface area contributed by atoms with Crippen molar-refractivity contribution in [2.75, 3.05) is 38.7 Å². The number of carbonyl (C=O) groups excluding carboxylic acids is 1. The van der Waals surface area contributed by atoms with Crippen LogP contribution in [0.4, 0.5) is 5.95 Å². The lowest BCUT2D eigenvalue weighted by Gasteiger charge is -2.34. The fourth-order valence-corrected chi connectivity index (χ4v) is 3.85. The molecule has 0 N–H and O–H groups in total. The SMILES string of the molecule is CN(C)c1ncc2c(n1)[C@@]1(CCN(C(=O)c3ccc(Br)o3)C1)COC2. The first-order valence-electron chi connectivity index (χ1n) is 8.15. The number of furan rings is 1. The summed E-state index contributed by atoms with van der Waals surface area (Å²) in [6, 6.07) is 3.42. The standard InChI is InChI=1S/C17H19BrN4O3/c1-21(2)16-19-7-11-8-24-10-17(14(11)20-16)5-6-22(9-17)15(23)12-3-4-13(18)25-12/h3-4,7H,5-6,8-10H2,1-2H3/t17-/m1/s1. The van der Waals surface area contributed by atoms with Crippen LogP contribution in [0.5, 0.6) is 0 Å². The number of aromatic nitrogens is 2. The minimum atomic E-state index is -0.277. The van der Waals surface area contributed by atoms with E-state index in [1.807, 2.05) is 30.1 Å². The van der Waals surface area contributed by atoms with Crippen molar-refractivity contribution in [2.45, 2.75) is 18.4 Å². The van der Waals surface area contributed by atoms with Crippen molar-refractivity contribution in [2.24, 2.45) is 0 Å². The number of hydrogen-bond donors (Lipinski definition) is 0. The van der Waals surface area contributed by atoms with Gasteiger partial charge >= 0.3 is 0 Å². The maximum Gasteiger partial charge on any atom is 0.289 e. The van der Waals surface area contributed by atoms with Gasteiger partial charge in [-0.2, -0.15) is 0 Å². The smallest absolute Gasteiger partial charge is 0.289 e. The summed E-state index contributed by atoms with van der Waals surface area (Å²) in [6.07, 6.45) is 2.66. The Kier molecular flexibility index (Phi) is 4.04. The van der Waals surface area contributed by atoms with Crippen LogP contribution in [0.25, 0.3) is 0 Å². The van der Waals surface area contributed by atoms with Crippen LogP contribution in [0.1, 0.15) is 28.2 Å². The Morgan fingerprint density at radius 2 is 2.24 bits per heavy atom. The molecule has 0 aliphatic carbocycles. The predicted octanol–water partition coefficient (Wildman–Crippen LogP) is 2.21. The van der Waals surface area contributed by atoms with Gasteiger partial charge in [0.15, 0.2) is 10.4 Å². The Bertz CT molecular complexity index is 822. The van der Waals surface area contributed by atoms with Gasteiger partial charge in [0, 0.05) is 38.9 Å². The zero-order valence-corrected chi connectivity index (χ0v) is 15.7. The van der Waals surface area contributed by atoms with Crippen molar-refractivity contribution in [1.82, 2.24) is 14.9 Å². The highest BCUT2D eigenvalue weighted by molar-refractivity contribution is 9.10. The summed E-state index contributed by atoms with van der Waals surface area (Å²) in [5, 5.41) is 0. The lowest BCUT2D eigenvalue weighted by Crippen LogP contribution is -2.42. The highest BCUT2D eigenvalue weighted by Gasteiger charge is 2.46. The summed E-state index contributed by atoms with van der Waals surface area (Å²) in [5.74, 6) is 0.925. The van der Waals surface area contributed by atoms with Crippen LogP contribution in [0.3, 0.4) is 0 Å². The number of halogens is 1. The van der Waals surface area contributed by atoms with Crippen molar-refractivity contribution < 1.29 is 13.9 Å². The molecule has 0 saturated carbocycles. The quantitative estimate of drug-likeness (QED) is 0.761. The Balaban J connectivity index is 1.64. The van der Waals surface area contributed by atoms with Gasteiger partial charge in [0.05, 0.1) is 24.3 Å². The summed E-state index contributed by atoms with van der Waals surface area (Å²) < 4.78 is 11.8. The van der Waals surface area contributed by atoms with E-state index in [1.54, 1.807) is 12.1 Å². The van der Waals surface area contributed by atoms with E-state index in [0.717, 1.165) is 17.7 Å². The third kappa shape index (κ3) is 2.83. The third-order valence-corrected chi connectivity index (χ3v) is 5.24. The van der Waals surface area contributed by atoms with Gasteiger partial charge in [0.2, 0.25) is 5.95 Å². The summed E-state index contributed by atoms with van der Waals surface area (Å²) >= 11 is 3.24. The Labute approximate surface area is 154 Å². The third-order valence-electron chi connectivity index (χ3n) is 4.82. The molecule has 2 aromatic rings. The number of carbonyl (C=O) groups is 1. The van der Waals surface area contributed by atoms with E-state index < -0.39 is 0 Å². The van der Waals surface area contributed by atoms with Crippen molar-refractivity contribution in [3.8, 4) is 0 Å². The van der Waals surface area contributed by atoms with Gasteiger partial charge in [0.1, 0.15) is 0 Å². The molecule has 1 atom stereocenters. The number of likely N-dealkylation sites (tertiary alicyclic amines) is 1. The van der Waals surface area contributed by atoms with Gasteiger partial charge in [-0.25, -0.2) is 9.97 Å². The second-order valence-electron chi connectivity index (χ2n) is 6.79. The number of hydrogen-bond acceptors (Lipinski definition) is 6. The molecule has 132 valence electrons. The molecule has 0 radical (unpaired) electrons. The summed E-state index contributed by atoms with van der Waals surface area (Å²) in [6.45, 7) is 2.31. The highest BCUT2D eigenvalue weighted by Crippen LogP contribution is 2.39. The molecule has 7 nitrogen and oxygen atoms in total. The minimum absolute atomic E-state index is 0.100. The lowest BCUT2D eigenvalue weighted by molar-refractivity contribution is 0.0479. The second-order valence-corrected chi connectivity index (χ2v) is 7.57. The number of amides is 1. The van der Waals surface area contributed by atoms with Crippen LogP contribution in [0.15, 0.2) is 27.4 Å². The Morgan fingerprint density at radius 1 is 1.40 bits per heavy atom. The van der Waals surface area contributed by atoms with Crippen LogP contribution in [-0.4, -0.2) is 54.6 Å². The number of anilines is 1. The maximum absolute atomic E-state index is 12.7. The second kappa shape index (κ2) is 6.10. The molecule has 1 spiro atoms. The van der Waals surface area contributed by atoms with Gasteiger partial charge in [0.25, 0.3) is 5.91 Å². The van der Waals surface area contributed by atoms with E-state index in [2.05, 4.69) is 20.9 Å². The average molecular weight is 407 g/mol. The van der Waals surface area contributed by atoms with Crippen LogP contribution in [-0.2, 0) is 16.8 Å². The molecule has 2 aromatic heterocycles. The molecular weight excluding hydrogens is 388 g/mol. The van der Waals surface area contributed by atoms with E-state index in [-0.39, 0.29) is 11.3 Å². The van der Waals surface area contributed by atoms with Crippen LogP contribution in [0, 0.1) is 0 Å². The normalized spacial score (nSPS) is 22.3. The lowest BCUT2D eigenvalue weighted by atomic mass is 9.80. The molecule has 2 aliphatic heterocycles. The number of rotatable bonds is 2. The average Bonchev–Trinajstić information content (AvgIpc) is 3.22. The molecule has 0 unspecified atom stereocenters. The minimum Gasteiger partial charge on any atom is -0.444 e. The molecule has 1 fully saturated rings. The molecule has 1 amide bonds. The molecule has 2 aliphatic rings. The summed E-state index contributed by atoms with van der Waals surface area (Å²) in [7, 11) is 3.85. The van der Waals surface area contributed by atoms with Gasteiger partial charge < -0.3 is 19.0 Å². The zero-order chi connectivity index (χ0) is 17.6. The van der Waals surface area contributed by atoms with Crippen molar-refractivity contribution in [3.05, 3.63) is 40.0 Å². The van der Waals surface area contributed by atoms with E-state index in [1.165, 1.54) is 0 Å². The fraction of sp³-hybridized carbons (Fsp3) is 0.471. The van der Waals surface area contributed by atoms with E-state index in [9.17, 15) is 4.79 Å². The van der Waals surface area contributed by atoms with Gasteiger partial charge in [-0.15, -0.1) is 0 Å². The Hall–Kier alpha value is -1.93. The molecular formula is C17H19BrN4O3. The predicted molar refractivity (Wildman–Crippen MR) is 94.6 cm³/mol. The molecule has 8 heteroatoms. The summed E-state index contributed by atoms with van der Waals surface area (Å²) in [4.78, 5) is 25.6. The molecule has 25 heavy (non-hydrogen) atoms. The van der Waals surface area contributed by atoms with E-state index in [4.69, 9.17) is 14.1 Å². The van der Waals surface area contributed by atoms with E-state index in [0.29, 0.717) is 42.7 Å². The van der Waals surface area contributed by atoms with Crippen molar-refractivity contribution >= 4 is 27.8 Å². The van der Waals surface area contributed by atoms with Crippen LogP contribution < -0.4 is 4.90 Å². The first kappa shape index (κ1) is 16.5. The number of nitrogens with zero attached hydrogens (tertiary/aromatic N) is 4. The largest absolute Gasteiger partial charge is 0.444 e. The number of fused-ring (bicyclic) bond motifs is 2. The van der Waals surface area contributed by atoms with Crippen molar-refractivity contribution in [1.29, 1.82) is 0 Å². The number of ether oxygens (including phenoxy) is 1. The highest BCUT2D eigenvalue weighted by atomic mass is 79.9. The van der Waals surface area contributed by atoms with Crippen LogP contribution in [0.2, 0.25) is 0 Å². The van der Waals surface area contributed by atoms with Crippen molar-refractivity contribution in [3.63, 3.8) is 0 Å². The molecule has 4 heterocycles. The molecule has 0 aromatic carbocycles. The molecule has 0 bridgehead atoms.